The highest BCUT2D eigenvalue weighted by molar-refractivity contribution is 5.98. The van der Waals surface area contributed by atoms with E-state index in [-0.39, 0.29) is 17.6 Å². The molecule has 0 amide bonds. The standard InChI is InChI=1S/C30H21F5N2/c31-23-12-13-27(32)21(15-23)17-36-24-9-4-8-20(16-24)28-22(14-19-6-2-1-3-7-19)18-37-29-25(28)10-5-11-26(29)30(33,34)35/h1-13,15-16,18,36H,14,17H2. The zero-order valence-corrected chi connectivity index (χ0v) is 19.5. The largest absolute Gasteiger partial charge is 0.418 e. The molecule has 0 unspecified atom stereocenters. The second kappa shape index (κ2) is 10.0. The SMILES string of the molecule is Fc1ccc(F)c(CNc2cccc(-c3c(Cc4ccccc4)cnc4c(C(F)(F)F)cccc34)c2)c1. The van der Waals surface area contributed by atoms with Crippen LogP contribution in [0, 0.1) is 11.6 Å². The first-order chi connectivity index (χ1) is 17.8. The van der Waals surface area contributed by atoms with Crippen molar-refractivity contribution in [3.05, 3.63) is 131 Å². The van der Waals surface area contributed by atoms with Gasteiger partial charge in [-0.3, -0.25) is 4.98 Å². The number of alkyl halides is 3. The number of hydrogen-bond acceptors (Lipinski definition) is 2. The fourth-order valence-electron chi connectivity index (χ4n) is 4.44. The molecule has 7 heteroatoms. The minimum Gasteiger partial charge on any atom is -0.381 e. The van der Waals surface area contributed by atoms with E-state index in [9.17, 15) is 22.0 Å². The average Bonchev–Trinajstić information content (AvgIpc) is 2.89. The number of pyridine rings is 1. The number of anilines is 1. The molecular formula is C30H21F5N2. The van der Waals surface area contributed by atoms with Crippen molar-refractivity contribution in [3.63, 3.8) is 0 Å². The van der Waals surface area contributed by atoms with Gasteiger partial charge in [0.15, 0.2) is 0 Å². The van der Waals surface area contributed by atoms with Crippen LogP contribution in [0.5, 0.6) is 0 Å². The summed E-state index contributed by atoms with van der Waals surface area (Å²) in [7, 11) is 0. The van der Waals surface area contributed by atoms with E-state index in [1.807, 2.05) is 36.4 Å². The molecule has 4 aromatic carbocycles. The Hall–Kier alpha value is -4.26. The van der Waals surface area contributed by atoms with Crippen LogP contribution >= 0.6 is 0 Å². The van der Waals surface area contributed by atoms with Gasteiger partial charge in [-0.2, -0.15) is 13.2 Å². The van der Waals surface area contributed by atoms with Gasteiger partial charge < -0.3 is 5.32 Å². The minimum atomic E-state index is -4.55. The van der Waals surface area contributed by atoms with Crippen molar-refractivity contribution in [1.29, 1.82) is 0 Å². The topological polar surface area (TPSA) is 24.9 Å². The average molecular weight is 505 g/mol. The second-order valence-corrected chi connectivity index (χ2v) is 8.69. The lowest BCUT2D eigenvalue weighted by molar-refractivity contribution is -0.136. The first-order valence-corrected chi connectivity index (χ1v) is 11.6. The van der Waals surface area contributed by atoms with Crippen LogP contribution in [0.3, 0.4) is 0 Å². The van der Waals surface area contributed by atoms with E-state index >= 15 is 0 Å². The number of aromatic nitrogens is 1. The van der Waals surface area contributed by atoms with Gasteiger partial charge in [-0.1, -0.05) is 54.6 Å². The summed E-state index contributed by atoms with van der Waals surface area (Å²) in [6.07, 6.45) is -2.58. The molecule has 0 bridgehead atoms. The molecule has 0 spiro atoms. The van der Waals surface area contributed by atoms with Crippen molar-refractivity contribution < 1.29 is 22.0 Å². The summed E-state index contributed by atoms with van der Waals surface area (Å²) < 4.78 is 69.0. The maximum atomic E-state index is 14.1. The summed E-state index contributed by atoms with van der Waals surface area (Å²) in [6.45, 7) is 0.0409. The van der Waals surface area contributed by atoms with Crippen molar-refractivity contribution in [2.24, 2.45) is 0 Å². The van der Waals surface area contributed by atoms with Crippen LogP contribution in [0.25, 0.3) is 22.0 Å². The molecule has 0 aliphatic carbocycles. The van der Waals surface area contributed by atoms with Crippen molar-refractivity contribution >= 4 is 16.6 Å². The van der Waals surface area contributed by atoms with Gasteiger partial charge >= 0.3 is 6.18 Å². The van der Waals surface area contributed by atoms with E-state index in [1.54, 1.807) is 24.3 Å². The van der Waals surface area contributed by atoms with Crippen LogP contribution in [0.2, 0.25) is 0 Å². The predicted molar refractivity (Wildman–Crippen MR) is 135 cm³/mol. The molecule has 0 radical (unpaired) electrons. The summed E-state index contributed by atoms with van der Waals surface area (Å²) in [4.78, 5) is 4.23. The van der Waals surface area contributed by atoms with Gasteiger partial charge in [-0.15, -0.1) is 0 Å². The van der Waals surface area contributed by atoms with Crippen LogP contribution in [-0.2, 0) is 19.1 Å². The molecule has 1 heterocycles. The minimum absolute atomic E-state index is 0.0409. The van der Waals surface area contributed by atoms with Gasteiger partial charge in [0.2, 0.25) is 0 Å². The quantitative estimate of drug-likeness (QED) is 0.235. The molecule has 37 heavy (non-hydrogen) atoms. The Morgan fingerprint density at radius 2 is 1.54 bits per heavy atom. The zero-order valence-electron chi connectivity index (χ0n) is 19.5. The monoisotopic (exact) mass is 504 g/mol. The Morgan fingerprint density at radius 3 is 2.32 bits per heavy atom. The maximum Gasteiger partial charge on any atom is 0.418 e. The molecule has 1 N–H and O–H groups in total. The molecule has 0 aliphatic rings. The fraction of sp³-hybridized carbons (Fsp3) is 0.100. The van der Waals surface area contributed by atoms with E-state index in [0.29, 0.717) is 28.6 Å². The Labute approximate surface area is 210 Å². The summed E-state index contributed by atoms with van der Waals surface area (Å²) in [5.41, 5.74) is 2.94. The molecule has 0 saturated carbocycles. The Morgan fingerprint density at radius 1 is 0.757 bits per heavy atom. The number of hydrogen-bond donors (Lipinski definition) is 1. The van der Waals surface area contributed by atoms with Crippen LogP contribution in [0.4, 0.5) is 27.6 Å². The summed E-state index contributed by atoms with van der Waals surface area (Å²) in [6, 6.07) is 24.1. The highest BCUT2D eigenvalue weighted by atomic mass is 19.4. The zero-order chi connectivity index (χ0) is 26.0. The van der Waals surface area contributed by atoms with Gasteiger partial charge in [-0.25, -0.2) is 8.78 Å². The van der Waals surface area contributed by atoms with E-state index < -0.39 is 23.4 Å². The van der Waals surface area contributed by atoms with Crippen LogP contribution in [0.15, 0.2) is 97.2 Å². The molecule has 0 fully saturated rings. The highest BCUT2D eigenvalue weighted by Crippen LogP contribution is 2.39. The number of nitrogens with zero attached hydrogens (tertiary/aromatic N) is 1. The summed E-state index contributed by atoms with van der Waals surface area (Å²) >= 11 is 0. The van der Waals surface area contributed by atoms with Gasteiger partial charge in [-0.05, 0) is 65.1 Å². The predicted octanol–water partition coefficient (Wildman–Crippen LogP) is 8.40. The molecule has 0 aliphatic heterocycles. The third-order valence-electron chi connectivity index (χ3n) is 6.16. The number of rotatable bonds is 6. The number of nitrogens with one attached hydrogen (secondary N) is 1. The lowest BCUT2D eigenvalue weighted by Gasteiger charge is -2.17. The number of fused-ring (bicyclic) bond motifs is 1. The van der Waals surface area contributed by atoms with E-state index in [0.717, 1.165) is 35.4 Å². The molecule has 1 aromatic heterocycles. The summed E-state index contributed by atoms with van der Waals surface area (Å²) in [5.74, 6) is -1.07. The number of para-hydroxylation sites is 1. The van der Waals surface area contributed by atoms with Crippen molar-refractivity contribution in [2.75, 3.05) is 5.32 Å². The molecule has 186 valence electrons. The Bertz CT molecular complexity index is 1560. The van der Waals surface area contributed by atoms with Crippen LogP contribution in [0.1, 0.15) is 22.3 Å². The van der Waals surface area contributed by atoms with Crippen LogP contribution in [-0.4, -0.2) is 4.98 Å². The molecule has 2 nitrogen and oxygen atoms in total. The summed E-state index contributed by atoms with van der Waals surface area (Å²) in [5, 5.41) is 3.48. The lowest BCUT2D eigenvalue weighted by atomic mass is 9.91. The molecule has 0 atom stereocenters. The molecular weight excluding hydrogens is 483 g/mol. The smallest absolute Gasteiger partial charge is 0.381 e. The third-order valence-corrected chi connectivity index (χ3v) is 6.16. The lowest BCUT2D eigenvalue weighted by Crippen LogP contribution is -2.07. The van der Waals surface area contributed by atoms with Gasteiger partial charge in [0, 0.05) is 29.4 Å². The Balaban J connectivity index is 1.60. The number of benzene rings is 4. The molecule has 0 saturated heterocycles. The fourth-order valence-corrected chi connectivity index (χ4v) is 4.44. The van der Waals surface area contributed by atoms with Crippen molar-refractivity contribution in [1.82, 2.24) is 4.98 Å². The van der Waals surface area contributed by atoms with E-state index in [1.165, 1.54) is 12.3 Å². The normalized spacial score (nSPS) is 11.6. The first kappa shape index (κ1) is 24.4. The van der Waals surface area contributed by atoms with E-state index in [4.69, 9.17) is 0 Å². The van der Waals surface area contributed by atoms with E-state index in [2.05, 4.69) is 10.3 Å². The number of halogens is 5. The van der Waals surface area contributed by atoms with Crippen molar-refractivity contribution in [2.45, 2.75) is 19.1 Å². The highest BCUT2D eigenvalue weighted by Gasteiger charge is 2.33. The third kappa shape index (κ3) is 5.31. The Kier molecular flexibility index (Phi) is 6.61. The van der Waals surface area contributed by atoms with Gasteiger partial charge in [0.25, 0.3) is 0 Å². The maximum absolute atomic E-state index is 14.1. The first-order valence-electron chi connectivity index (χ1n) is 11.6. The second-order valence-electron chi connectivity index (χ2n) is 8.69. The molecule has 5 aromatic rings. The van der Waals surface area contributed by atoms with Gasteiger partial charge in [0.05, 0.1) is 11.1 Å². The van der Waals surface area contributed by atoms with Gasteiger partial charge in [0.1, 0.15) is 11.6 Å². The van der Waals surface area contributed by atoms with Crippen molar-refractivity contribution in [3.8, 4) is 11.1 Å². The molecule has 5 rings (SSSR count). The van der Waals surface area contributed by atoms with Crippen LogP contribution < -0.4 is 5.32 Å².